The van der Waals surface area contributed by atoms with Gasteiger partial charge in [0, 0.05) is 0 Å². The highest BCUT2D eigenvalue weighted by Crippen LogP contribution is 2.19. The van der Waals surface area contributed by atoms with Crippen LogP contribution in [0.2, 0.25) is 0 Å². The summed E-state index contributed by atoms with van der Waals surface area (Å²) in [4.78, 5) is 21.0. The molecule has 2 atom stereocenters. The van der Waals surface area contributed by atoms with Gasteiger partial charge in [0.15, 0.2) is 12.2 Å². The minimum Gasteiger partial charge on any atom is -0.479 e. The Bertz CT molecular complexity index is 378. The lowest BCUT2D eigenvalue weighted by molar-refractivity contribution is -0.147. The largest absolute Gasteiger partial charge is 0.479 e. The first-order chi connectivity index (χ1) is 7.43. The van der Waals surface area contributed by atoms with E-state index in [1.54, 1.807) is 0 Å². The van der Waals surface area contributed by atoms with Crippen LogP contribution in [0.25, 0.3) is 0 Å². The molecule has 1 aromatic rings. The van der Waals surface area contributed by atoms with E-state index in [-0.39, 0.29) is 11.1 Å². The molecule has 0 amide bonds. The summed E-state index contributed by atoms with van der Waals surface area (Å²) in [5.41, 5.74) is 0.0376. The predicted octanol–water partition coefficient (Wildman–Crippen LogP) is -0.0774. The number of benzene rings is 1. The number of hydrogen-bond acceptors (Lipinski definition) is 4. The number of rotatable bonds is 4. The minimum atomic E-state index is -1.74. The number of hydrogen-bond donors (Lipinski definition) is 4. The zero-order chi connectivity index (χ0) is 12.3. The lowest BCUT2D eigenvalue weighted by Crippen LogP contribution is -2.13. The average molecular weight is 226 g/mol. The van der Waals surface area contributed by atoms with Crippen LogP contribution in [0, 0.1) is 0 Å². The van der Waals surface area contributed by atoms with E-state index in [0.717, 1.165) is 6.07 Å². The highest BCUT2D eigenvalue weighted by Gasteiger charge is 2.20. The van der Waals surface area contributed by atoms with Crippen molar-refractivity contribution in [2.24, 2.45) is 0 Å². The molecule has 2 unspecified atom stereocenters. The van der Waals surface area contributed by atoms with Crippen LogP contribution < -0.4 is 0 Å². The first kappa shape index (κ1) is 12.2. The van der Waals surface area contributed by atoms with Crippen LogP contribution in [0.4, 0.5) is 0 Å². The number of aliphatic carboxylic acids is 2. The molecule has 0 fully saturated rings. The molecule has 0 aliphatic rings. The van der Waals surface area contributed by atoms with Crippen LogP contribution in [-0.4, -0.2) is 32.4 Å². The topological polar surface area (TPSA) is 115 Å². The SMILES string of the molecule is O=C(O)C(O)c1cccc(C(O)C(=O)O)c1. The summed E-state index contributed by atoms with van der Waals surface area (Å²) in [6.07, 6.45) is -3.47. The van der Waals surface area contributed by atoms with Gasteiger partial charge in [0.2, 0.25) is 0 Å². The predicted molar refractivity (Wildman–Crippen MR) is 51.6 cm³/mol. The highest BCUT2D eigenvalue weighted by molar-refractivity contribution is 5.76. The van der Waals surface area contributed by atoms with E-state index in [1.165, 1.54) is 18.2 Å². The Hall–Kier alpha value is -1.92. The third-order valence-electron chi connectivity index (χ3n) is 2.01. The Balaban J connectivity index is 3.04. The van der Waals surface area contributed by atoms with Crippen molar-refractivity contribution in [3.63, 3.8) is 0 Å². The van der Waals surface area contributed by atoms with Gasteiger partial charge in [-0.15, -0.1) is 0 Å². The molecule has 1 aromatic carbocycles. The Morgan fingerprint density at radius 3 is 1.62 bits per heavy atom. The van der Waals surface area contributed by atoms with Crippen LogP contribution >= 0.6 is 0 Å². The molecule has 86 valence electrons. The van der Waals surface area contributed by atoms with Gasteiger partial charge in [-0.05, 0) is 17.2 Å². The van der Waals surface area contributed by atoms with Crippen molar-refractivity contribution in [1.29, 1.82) is 0 Å². The number of carbonyl (C=O) groups is 2. The Morgan fingerprint density at radius 2 is 1.31 bits per heavy atom. The summed E-state index contributed by atoms with van der Waals surface area (Å²) in [5.74, 6) is -2.89. The smallest absolute Gasteiger partial charge is 0.337 e. The maximum absolute atomic E-state index is 10.5. The number of carboxylic acids is 2. The molecule has 0 aliphatic carbocycles. The van der Waals surface area contributed by atoms with Crippen LogP contribution in [-0.2, 0) is 9.59 Å². The van der Waals surface area contributed by atoms with E-state index < -0.39 is 24.1 Å². The molecule has 1 rings (SSSR count). The molecular weight excluding hydrogens is 216 g/mol. The van der Waals surface area contributed by atoms with E-state index in [9.17, 15) is 19.8 Å². The van der Waals surface area contributed by atoms with E-state index in [2.05, 4.69) is 0 Å². The van der Waals surface area contributed by atoms with Gasteiger partial charge >= 0.3 is 11.9 Å². The molecule has 6 heteroatoms. The molecule has 4 N–H and O–H groups in total. The lowest BCUT2D eigenvalue weighted by atomic mass is 10.0. The van der Waals surface area contributed by atoms with Crippen molar-refractivity contribution in [2.45, 2.75) is 12.2 Å². The van der Waals surface area contributed by atoms with Gasteiger partial charge in [0.1, 0.15) is 0 Å². The molecule has 0 saturated carbocycles. The van der Waals surface area contributed by atoms with E-state index in [4.69, 9.17) is 10.2 Å². The van der Waals surface area contributed by atoms with Crippen molar-refractivity contribution in [2.75, 3.05) is 0 Å². The number of aliphatic hydroxyl groups is 2. The van der Waals surface area contributed by atoms with E-state index in [1.807, 2.05) is 0 Å². The maximum Gasteiger partial charge on any atom is 0.337 e. The summed E-state index contributed by atoms with van der Waals surface area (Å²) < 4.78 is 0. The molecule has 6 nitrogen and oxygen atoms in total. The van der Waals surface area contributed by atoms with Gasteiger partial charge in [0.05, 0.1) is 0 Å². The summed E-state index contributed by atoms with van der Waals surface area (Å²) >= 11 is 0. The van der Waals surface area contributed by atoms with Crippen LogP contribution in [0.1, 0.15) is 23.3 Å². The molecule has 0 bridgehead atoms. The summed E-state index contributed by atoms with van der Waals surface area (Å²) in [5, 5.41) is 35.5. The average Bonchev–Trinajstić information content (AvgIpc) is 2.26. The van der Waals surface area contributed by atoms with Gasteiger partial charge in [-0.1, -0.05) is 18.2 Å². The number of aliphatic hydroxyl groups excluding tert-OH is 2. The van der Waals surface area contributed by atoms with Crippen molar-refractivity contribution < 1.29 is 30.0 Å². The van der Waals surface area contributed by atoms with E-state index in [0.29, 0.717) is 0 Å². The molecule has 0 saturated heterocycles. The molecular formula is C10H10O6. The number of carboxylic acid groups (broad SMARTS) is 2. The molecule has 0 aliphatic heterocycles. The van der Waals surface area contributed by atoms with Crippen molar-refractivity contribution in [3.8, 4) is 0 Å². The molecule has 16 heavy (non-hydrogen) atoms. The normalized spacial score (nSPS) is 14.1. The Kier molecular flexibility index (Phi) is 3.60. The summed E-state index contributed by atoms with van der Waals surface area (Å²) in [6.45, 7) is 0. The lowest BCUT2D eigenvalue weighted by Gasteiger charge is -2.10. The monoisotopic (exact) mass is 226 g/mol. The van der Waals surface area contributed by atoms with Gasteiger partial charge in [-0.2, -0.15) is 0 Å². The Labute approximate surface area is 90.4 Å². The van der Waals surface area contributed by atoms with Crippen LogP contribution in [0.5, 0.6) is 0 Å². The zero-order valence-electron chi connectivity index (χ0n) is 8.07. The van der Waals surface area contributed by atoms with Crippen molar-refractivity contribution in [1.82, 2.24) is 0 Å². The van der Waals surface area contributed by atoms with Crippen LogP contribution in [0.3, 0.4) is 0 Å². The summed E-state index contributed by atoms with van der Waals surface area (Å²) in [6, 6.07) is 5.16. The third kappa shape index (κ3) is 2.56. The van der Waals surface area contributed by atoms with Gasteiger partial charge in [-0.3, -0.25) is 0 Å². The standard InChI is InChI=1S/C10H10O6/c11-7(9(13)14)5-2-1-3-6(4-5)8(12)10(15)16/h1-4,7-8,11-12H,(H,13,14)(H,15,16). The van der Waals surface area contributed by atoms with Gasteiger partial charge < -0.3 is 20.4 Å². The van der Waals surface area contributed by atoms with E-state index >= 15 is 0 Å². The molecule has 0 heterocycles. The second-order valence-corrected chi connectivity index (χ2v) is 3.15. The Morgan fingerprint density at radius 1 is 0.938 bits per heavy atom. The highest BCUT2D eigenvalue weighted by atomic mass is 16.4. The van der Waals surface area contributed by atoms with Crippen molar-refractivity contribution in [3.05, 3.63) is 35.4 Å². The maximum atomic E-state index is 10.5. The first-order valence-corrected chi connectivity index (χ1v) is 4.35. The van der Waals surface area contributed by atoms with Gasteiger partial charge in [-0.25, -0.2) is 9.59 Å². The molecule has 0 spiro atoms. The molecule has 0 radical (unpaired) electrons. The first-order valence-electron chi connectivity index (χ1n) is 4.35. The second-order valence-electron chi connectivity index (χ2n) is 3.15. The zero-order valence-corrected chi connectivity index (χ0v) is 8.07. The van der Waals surface area contributed by atoms with Gasteiger partial charge in [0.25, 0.3) is 0 Å². The summed E-state index contributed by atoms with van der Waals surface area (Å²) in [7, 11) is 0. The fourth-order valence-electron chi connectivity index (χ4n) is 1.18. The molecule has 0 aromatic heterocycles. The van der Waals surface area contributed by atoms with Crippen LogP contribution in [0.15, 0.2) is 24.3 Å². The second kappa shape index (κ2) is 4.73. The van der Waals surface area contributed by atoms with Crippen molar-refractivity contribution >= 4 is 11.9 Å². The fraction of sp³-hybridized carbons (Fsp3) is 0.200. The third-order valence-corrected chi connectivity index (χ3v) is 2.01. The quantitative estimate of drug-likeness (QED) is 0.571. The fourth-order valence-corrected chi connectivity index (χ4v) is 1.18. The minimum absolute atomic E-state index is 0.0188.